The first-order valence-corrected chi connectivity index (χ1v) is 6.55. The molecule has 4 heteroatoms. The number of aliphatic hydroxyl groups is 1. The highest BCUT2D eigenvalue weighted by Crippen LogP contribution is 2.28. The number of ether oxygens (including phenoxy) is 2. The highest BCUT2D eigenvalue weighted by Gasteiger charge is 2.18. The lowest BCUT2D eigenvalue weighted by atomic mass is 10.0. The van der Waals surface area contributed by atoms with E-state index in [2.05, 4.69) is 18.7 Å². The van der Waals surface area contributed by atoms with Gasteiger partial charge in [-0.25, -0.2) is 0 Å². The molecule has 1 atom stereocenters. The van der Waals surface area contributed by atoms with Crippen LogP contribution in [0.5, 0.6) is 11.5 Å². The third kappa shape index (κ3) is 4.11. The van der Waals surface area contributed by atoms with Crippen LogP contribution in [0.2, 0.25) is 0 Å². The summed E-state index contributed by atoms with van der Waals surface area (Å²) in [5.74, 6) is 1.88. The predicted molar refractivity (Wildman–Crippen MR) is 76.7 cm³/mol. The molecule has 0 radical (unpaired) electrons. The predicted octanol–water partition coefficient (Wildman–Crippen LogP) is 2.15. The van der Waals surface area contributed by atoms with E-state index in [0.29, 0.717) is 5.92 Å². The van der Waals surface area contributed by atoms with E-state index in [1.807, 2.05) is 25.2 Å². The van der Waals surface area contributed by atoms with Gasteiger partial charge in [-0.3, -0.25) is 4.90 Å². The van der Waals surface area contributed by atoms with Crippen LogP contribution < -0.4 is 9.47 Å². The van der Waals surface area contributed by atoms with Crippen molar-refractivity contribution in [2.75, 3.05) is 27.9 Å². The van der Waals surface area contributed by atoms with Crippen LogP contribution in [0.15, 0.2) is 18.2 Å². The van der Waals surface area contributed by atoms with Gasteiger partial charge in [0, 0.05) is 12.6 Å². The van der Waals surface area contributed by atoms with Gasteiger partial charge in [-0.15, -0.1) is 0 Å². The Morgan fingerprint density at radius 3 is 2.26 bits per heavy atom. The molecule has 0 bridgehead atoms. The van der Waals surface area contributed by atoms with Gasteiger partial charge in [-0.2, -0.15) is 0 Å². The van der Waals surface area contributed by atoms with Gasteiger partial charge >= 0.3 is 0 Å². The van der Waals surface area contributed by atoms with Crippen molar-refractivity contribution < 1.29 is 14.6 Å². The van der Waals surface area contributed by atoms with E-state index in [1.54, 1.807) is 14.2 Å². The van der Waals surface area contributed by atoms with Crippen LogP contribution in [-0.2, 0) is 6.54 Å². The topological polar surface area (TPSA) is 41.9 Å². The maximum absolute atomic E-state index is 9.44. The Morgan fingerprint density at radius 1 is 1.16 bits per heavy atom. The Morgan fingerprint density at radius 2 is 1.79 bits per heavy atom. The lowest BCUT2D eigenvalue weighted by molar-refractivity contribution is 0.108. The summed E-state index contributed by atoms with van der Waals surface area (Å²) >= 11 is 0. The Labute approximate surface area is 115 Å². The van der Waals surface area contributed by atoms with Crippen molar-refractivity contribution in [3.05, 3.63) is 23.8 Å². The molecule has 0 saturated heterocycles. The number of aliphatic hydroxyl groups excluding tert-OH is 1. The number of likely N-dealkylation sites (N-methyl/N-ethyl adjacent to an activating group) is 1. The van der Waals surface area contributed by atoms with Gasteiger partial charge in [0.2, 0.25) is 0 Å². The minimum Gasteiger partial charge on any atom is -0.493 e. The fourth-order valence-corrected chi connectivity index (χ4v) is 2.24. The first-order chi connectivity index (χ1) is 9.03. The highest BCUT2D eigenvalue weighted by atomic mass is 16.5. The fourth-order valence-electron chi connectivity index (χ4n) is 2.24. The van der Waals surface area contributed by atoms with Crippen LogP contribution in [0.1, 0.15) is 19.4 Å². The first-order valence-electron chi connectivity index (χ1n) is 6.55. The normalized spacial score (nSPS) is 12.8. The summed E-state index contributed by atoms with van der Waals surface area (Å²) in [6.45, 7) is 5.17. The zero-order chi connectivity index (χ0) is 14.4. The lowest BCUT2D eigenvalue weighted by Gasteiger charge is -2.29. The maximum atomic E-state index is 9.44. The van der Waals surface area contributed by atoms with Crippen LogP contribution in [0.25, 0.3) is 0 Å². The summed E-state index contributed by atoms with van der Waals surface area (Å²) < 4.78 is 10.5. The second-order valence-electron chi connectivity index (χ2n) is 5.10. The van der Waals surface area contributed by atoms with Gasteiger partial charge in [0.25, 0.3) is 0 Å². The summed E-state index contributed by atoms with van der Waals surface area (Å²) in [4.78, 5) is 2.16. The van der Waals surface area contributed by atoms with Crippen molar-refractivity contribution in [1.82, 2.24) is 4.90 Å². The number of methoxy groups -OCH3 is 2. The summed E-state index contributed by atoms with van der Waals surface area (Å²) in [5.41, 5.74) is 1.14. The molecule has 0 aliphatic carbocycles. The van der Waals surface area contributed by atoms with E-state index in [0.717, 1.165) is 23.6 Å². The molecule has 108 valence electrons. The first kappa shape index (κ1) is 15.8. The Balaban J connectivity index is 2.81. The van der Waals surface area contributed by atoms with Crippen molar-refractivity contribution in [2.24, 2.45) is 5.92 Å². The number of rotatable bonds is 7. The van der Waals surface area contributed by atoms with Crippen molar-refractivity contribution in [3.8, 4) is 11.5 Å². The van der Waals surface area contributed by atoms with Crippen molar-refractivity contribution in [2.45, 2.75) is 26.4 Å². The van der Waals surface area contributed by atoms with Gasteiger partial charge in [0.1, 0.15) is 0 Å². The number of hydrogen-bond acceptors (Lipinski definition) is 4. The number of nitrogens with zero attached hydrogens (tertiary/aromatic N) is 1. The van der Waals surface area contributed by atoms with Crippen LogP contribution in [0.4, 0.5) is 0 Å². The number of hydrogen-bond donors (Lipinski definition) is 1. The van der Waals surface area contributed by atoms with E-state index >= 15 is 0 Å². The zero-order valence-corrected chi connectivity index (χ0v) is 12.5. The minimum absolute atomic E-state index is 0.160. The molecule has 0 aliphatic rings. The summed E-state index contributed by atoms with van der Waals surface area (Å²) in [6, 6.07) is 6.07. The molecule has 0 fully saturated rings. The van der Waals surface area contributed by atoms with Crippen LogP contribution in [0.3, 0.4) is 0 Å². The van der Waals surface area contributed by atoms with Crippen LogP contribution >= 0.6 is 0 Å². The second-order valence-corrected chi connectivity index (χ2v) is 5.10. The Kier molecular flexibility index (Phi) is 6.12. The van der Waals surface area contributed by atoms with Crippen molar-refractivity contribution in [1.29, 1.82) is 0 Å². The van der Waals surface area contributed by atoms with E-state index in [-0.39, 0.29) is 12.6 Å². The zero-order valence-electron chi connectivity index (χ0n) is 12.5. The summed E-state index contributed by atoms with van der Waals surface area (Å²) in [7, 11) is 5.29. The molecule has 4 nitrogen and oxygen atoms in total. The molecule has 0 saturated carbocycles. The molecule has 1 aromatic carbocycles. The quantitative estimate of drug-likeness (QED) is 0.822. The Bertz CT molecular complexity index is 393. The van der Waals surface area contributed by atoms with E-state index in [1.165, 1.54) is 0 Å². The molecule has 0 spiro atoms. The maximum Gasteiger partial charge on any atom is 0.161 e. The molecule has 1 rings (SSSR count). The molecular weight excluding hydrogens is 242 g/mol. The molecular formula is C15H25NO3. The van der Waals surface area contributed by atoms with Gasteiger partial charge in [-0.1, -0.05) is 19.9 Å². The van der Waals surface area contributed by atoms with Gasteiger partial charge < -0.3 is 14.6 Å². The van der Waals surface area contributed by atoms with Crippen molar-refractivity contribution >= 4 is 0 Å². The molecule has 1 N–H and O–H groups in total. The molecule has 1 unspecified atom stereocenters. The van der Waals surface area contributed by atoms with Crippen molar-refractivity contribution in [3.63, 3.8) is 0 Å². The third-order valence-corrected chi connectivity index (χ3v) is 3.40. The minimum atomic E-state index is 0.160. The van der Waals surface area contributed by atoms with Gasteiger partial charge in [0.05, 0.1) is 20.8 Å². The summed E-state index contributed by atoms with van der Waals surface area (Å²) in [5, 5.41) is 9.44. The third-order valence-electron chi connectivity index (χ3n) is 3.40. The lowest BCUT2D eigenvalue weighted by Crippen LogP contribution is -2.38. The smallest absolute Gasteiger partial charge is 0.161 e. The largest absolute Gasteiger partial charge is 0.493 e. The standard InChI is InChI=1S/C15H25NO3/c1-11(2)13(10-17)16(3)9-12-6-7-14(18-4)15(8-12)19-5/h6-8,11,13,17H,9-10H2,1-5H3. The fraction of sp³-hybridized carbons (Fsp3) is 0.600. The average Bonchev–Trinajstić information content (AvgIpc) is 2.38. The van der Waals surface area contributed by atoms with Gasteiger partial charge in [-0.05, 0) is 30.7 Å². The molecule has 0 heterocycles. The number of benzene rings is 1. The monoisotopic (exact) mass is 267 g/mol. The molecule has 19 heavy (non-hydrogen) atoms. The van der Waals surface area contributed by atoms with E-state index < -0.39 is 0 Å². The second kappa shape index (κ2) is 7.36. The molecule has 1 aromatic rings. The van der Waals surface area contributed by atoms with E-state index in [4.69, 9.17) is 9.47 Å². The molecule has 0 aliphatic heterocycles. The van der Waals surface area contributed by atoms with Gasteiger partial charge in [0.15, 0.2) is 11.5 Å². The van der Waals surface area contributed by atoms with E-state index in [9.17, 15) is 5.11 Å². The highest BCUT2D eigenvalue weighted by molar-refractivity contribution is 5.42. The SMILES string of the molecule is COc1ccc(CN(C)C(CO)C(C)C)cc1OC. The van der Waals surface area contributed by atoms with Crippen LogP contribution in [0, 0.1) is 5.92 Å². The molecule has 0 aromatic heterocycles. The Hall–Kier alpha value is -1.26. The summed E-state index contributed by atoms with van der Waals surface area (Å²) in [6.07, 6.45) is 0. The van der Waals surface area contributed by atoms with Crippen LogP contribution in [-0.4, -0.2) is 43.9 Å². The average molecular weight is 267 g/mol. The molecule has 0 amide bonds.